The maximum absolute atomic E-state index is 13.4. The number of benzene rings is 3. The molecule has 3 heterocycles. The van der Waals surface area contributed by atoms with Crippen LogP contribution in [0.3, 0.4) is 0 Å². The molecule has 0 spiro atoms. The van der Waals surface area contributed by atoms with E-state index in [1.807, 2.05) is 97.5 Å². The van der Waals surface area contributed by atoms with Crippen molar-refractivity contribution >= 4 is 39.4 Å². The molecule has 3 aromatic carbocycles. The Hall–Kier alpha value is -4.76. The molecule has 0 fully saturated rings. The number of rotatable bonds is 5. The van der Waals surface area contributed by atoms with Crippen molar-refractivity contribution in [1.82, 2.24) is 19.2 Å². The number of thiazole rings is 1. The lowest BCUT2D eigenvalue weighted by Crippen LogP contribution is -2.22. The number of ether oxygens (including phenoxy) is 1. The normalized spacial score (nSPS) is 11.5. The van der Waals surface area contributed by atoms with Crippen LogP contribution in [0.5, 0.6) is 5.75 Å². The van der Waals surface area contributed by atoms with E-state index in [4.69, 9.17) is 19.7 Å². The lowest BCUT2D eigenvalue weighted by Gasteiger charge is -2.08. The molecule has 3 aromatic heterocycles. The molecule has 9 heteroatoms. The van der Waals surface area contributed by atoms with E-state index in [9.17, 15) is 4.79 Å². The number of hydrogen-bond donors (Lipinski definition) is 1. The highest BCUT2D eigenvalue weighted by Gasteiger charge is 2.15. The van der Waals surface area contributed by atoms with Crippen LogP contribution in [0.2, 0.25) is 0 Å². The van der Waals surface area contributed by atoms with Crippen LogP contribution in [0, 0.1) is 6.92 Å². The monoisotopic (exact) mass is 538 g/mol. The van der Waals surface area contributed by atoms with Crippen molar-refractivity contribution in [2.75, 3.05) is 6.61 Å². The summed E-state index contributed by atoms with van der Waals surface area (Å²) in [5, 5.41) is 12.3. The first-order valence-corrected chi connectivity index (χ1v) is 13.2. The Balaban J connectivity index is 0.000000723. The minimum atomic E-state index is -0.833. The number of para-hydroxylation sites is 3. The van der Waals surface area contributed by atoms with Crippen molar-refractivity contribution in [1.29, 1.82) is 0 Å². The summed E-state index contributed by atoms with van der Waals surface area (Å²) in [6.07, 6.45) is 3.89. The third-order valence-corrected chi connectivity index (χ3v) is 6.91. The van der Waals surface area contributed by atoms with Gasteiger partial charge >= 0.3 is 0 Å². The fraction of sp³-hybridized carbons (Fsp3) is 0.133. The molecule has 0 aliphatic heterocycles. The zero-order chi connectivity index (χ0) is 27.5. The number of aliphatic carboxylic acids is 1. The largest absolute Gasteiger partial charge is 0.494 e. The van der Waals surface area contributed by atoms with Crippen LogP contribution in [0.4, 0.5) is 0 Å². The molecule has 1 N–H and O–H groups in total. The second kappa shape index (κ2) is 10.9. The van der Waals surface area contributed by atoms with Crippen molar-refractivity contribution in [3.05, 3.63) is 105 Å². The van der Waals surface area contributed by atoms with Crippen LogP contribution in [0.25, 0.3) is 39.0 Å². The highest BCUT2D eigenvalue weighted by Crippen LogP contribution is 2.29. The van der Waals surface area contributed by atoms with Gasteiger partial charge in [-0.05, 0) is 68.0 Å². The molecule has 0 aliphatic carbocycles. The molecule has 8 nitrogen and oxygen atoms in total. The maximum Gasteiger partial charge on any atom is 0.300 e. The number of carbonyl (C=O) groups is 1. The van der Waals surface area contributed by atoms with Crippen molar-refractivity contribution in [3.8, 4) is 22.7 Å². The molecular formula is C30H26N4O4S. The lowest BCUT2D eigenvalue weighted by atomic mass is 10.0. The number of fused-ring (bicyclic) bond motifs is 3. The Morgan fingerprint density at radius 1 is 1.08 bits per heavy atom. The molecule has 196 valence electrons. The van der Waals surface area contributed by atoms with Gasteiger partial charge in [-0.25, -0.2) is 14.1 Å². The highest BCUT2D eigenvalue weighted by molar-refractivity contribution is 7.15. The Labute approximate surface area is 228 Å². The zero-order valence-electron chi connectivity index (χ0n) is 21.7. The summed E-state index contributed by atoms with van der Waals surface area (Å²) in [6.45, 7) is 5.70. The molecule has 39 heavy (non-hydrogen) atoms. The summed E-state index contributed by atoms with van der Waals surface area (Å²) < 4.78 is 9.88. The number of carboxylic acids is 1. The Bertz CT molecular complexity index is 1900. The van der Waals surface area contributed by atoms with E-state index in [-0.39, 0.29) is 5.56 Å². The fourth-order valence-corrected chi connectivity index (χ4v) is 5.28. The molecule has 0 saturated carbocycles. The predicted octanol–water partition coefficient (Wildman–Crippen LogP) is 5.11. The summed E-state index contributed by atoms with van der Waals surface area (Å²) in [6, 6.07) is 23.7. The van der Waals surface area contributed by atoms with E-state index < -0.39 is 5.97 Å². The van der Waals surface area contributed by atoms with Gasteiger partial charge < -0.3 is 9.84 Å². The van der Waals surface area contributed by atoms with Crippen LogP contribution >= 0.6 is 11.3 Å². The minimum absolute atomic E-state index is 0.0695. The van der Waals surface area contributed by atoms with E-state index in [2.05, 4.69) is 11.1 Å². The number of nitrogens with zero attached hydrogens (tertiary/aromatic N) is 4. The van der Waals surface area contributed by atoms with Crippen LogP contribution in [-0.4, -0.2) is 36.8 Å². The third-order valence-electron chi connectivity index (χ3n) is 5.94. The second-order valence-corrected chi connectivity index (χ2v) is 9.79. The molecule has 6 rings (SSSR count). The predicted molar refractivity (Wildman–Crippen MR) is 154 cm³/mol. The van der Waals surface area contributed by atoms with Crippen molar-refractivity contribution in [3.63, 3.8) is 0 Å². The summed E-state index contributed by atoms with van der Waals surface area (Å²) >= 11 is 1.39. The number of carboxylic acid groups (broad SMARTS) is 1. The third kappa shape index (κ3) is 5.30. The van der Waals surface area contributed by atoms with E-state index in [0.29, 0.717) is 16.1 Å². The first kappa shape index (κ1) is 25.9. The van der Waals surface area contributed by atoms with Gasteiger partial charge in [-0.15, -0.1) is 0 Å². The molecule has 0 saturated heterocycles. The molecular weight excluding hydrogens is 512 g/mol. The van der Waals surface area contributed by atoms with E-state index in [0.717, 1.165) is 51.8 Å². The van der Waals surface area contributed by atoms with E-state index in [1.54, 1.807) is 4.40 Å². The average molecular weight is 539 g/mol. The second-order valence-electron chi connectivity index (χ2n) is 8.78. The first-order chi connectivity index (χ1) is 18.9. The number of aromatic nitrogens is 4. The topological polar surface area (TPSA) is 98.7 Å². The molecule has 6 aromatic rings. The van der Waals surface area contributed by atoms with Gasteiger partial charge in [-0.1, -0.05) is 41.7 Å². The van der Waals surface area contributed by atoms with Gasteiger partial charge in [0.1, 0.15) is 11.4 Å². The van der Waals surface area contributed by atoms with Crippen molar-refractivity contribution in [2.24, 2.45) is 0 Å². The highest BCUT2D eigenvalue weighted by atomic mass is 32.1. The van der Waals surface area contributed by atoms with Gasteiger partial charge in [0.05, 0.1) is 27.9 Å². The average Bonchev–Trinajstić information content (AvgIpc) is 3.59. The molecule has 0 atom stereocenters. The van der Waals surface area contributed by atoms with Crippen LogP contribution < -0.4 is 14.8 Å². The zero-order valence-corrected chi connectivity index (χ0v) is 22.5. The van der Waals surface area contributed by atoms with Gasteiger partial charge in [-0.2, -0.15) is 5.10 Å². The van der Waals surface area contributed by atoms with Gasteiger partial charge in [0, 0.05) is 24.2 Å². The SMILES string of the molecule is CC(=O)O.CCOc1ccc(-c2nn(-c3ccccc3)cc2/C=c2/sc3nc4ccccc4n3c2=O)cc1C. The summed E-state index contributed by atoms with van der Waals surface area (Å²) in [5.41, 5.74) is 6.20. The summed E-state index contributed by atoms with van der Waals surface area (Å²) in [4.78, 5) is 27.7. The standard InChI is InChI=1S/C28H22N4O2S.C2H4O2/c1-3-34-24-14-13-19(15-18(24)2)26-20(17-31(30-26)21-9-5-4-6-10-21)16-25-27(33)32-23-12-8-7-11-22(23)29-28(32)35-25;1-2(3)4/h4-17H,3H2,1-2H3;1H3,(H,3,4)/b25-16+;. The molecule has 0 amide bonds. The van der Waals surface area contributed by atoms with E-state index >= 15 is 0 Å². The first-order valence-electron chi connectivity index (χ1n) is 12.4. The van der Waals surface area contributed by atoms with Crippen molar-refractivity contribution in [2.45, 2.75) is 20.8 Å². The Morgan fingerprint density at radius 2 is 1.79 bits per heavy atom. The van der Waals surface area contributed by atoms with E-state index in [1.165, 1.54) is 11.3 Å². The van der Waals surface area contributed by atoms with Gasteiger partial charge in [-0.3, -0.25) is 9.59 Å². The van der Waals surface area contributed by atoms with Gasteiger partial charge in [0.2, 0.25) is 0 Å². The lowest BCUT2D eigenvalue weighted by molar-refractivity contribution is -0.134. The number of imidazole rings is 1. The quantitative estimate of drug-likeness (QED) is 0.328. The number of aryl methyl sites for hydroxylation is 1. The van der Waals surface area contributed by atoms with Crippen LogP contribution in [0.15, 0.2) is 83.8 Å². The summed E-state index contributed by atoms with van der Waals surface area (Å²) in [7, 11) is 0. The smallest absolute Gasteiger partial charge is 0.300 e. The summed E-state index contributed by atoms with van der Waals surface area (Å²) in [5.74, 6) is 0.0254. The maximum atomic E-state index is 13.4. The number of hydrogen-bond acceptors (Lipinski definition) is 6. The van der Waals surface area contributed by atoms with Crippen molar-refractivity contribution < 1.29 is 14.6 Å². The molecule has 0 unspecified atom stereocenters. The van der Waals surface area contributed by atoms with Crippen LogP contribution in [0.1, 0.15) is 25.0 Å². The van der Waals surface area contributed by atoms with Crippen LogP contribution in [-0.2, 0) is 4.79 Å². The van der Waals surface area contributed by atoms with Gasteiger partial charge in [0.25, 0.3) is 11.5 Å². The minimum Gasteiger partial charge on any atom is -0.494 e. The molecule has 0 radical (unpaired) electrons. The van der Waals surface area contributed by atoms with Gasteiger partial charge in [0.15, 0.2) is 4.96 Å². The fourth-order valence-electron chi connectivity index (χ4n) is 4.30. The molecule has 0 aliphatic rings. The Morgan fingerprint density at radius 3 is 2.51 bits per heavy atom. The molecule has 0 bridgehead atoms. The Kier molecular flexibility index (Phi) is 7.25.